The molecule has 0 saturated heterocycles. The normalized spacial score (nSPS) is 10.8. The second kappa shape index (κ2) is 13.4. The number of ether oxygens (including phenoxy) is 3. The third-order valence-corrected chi connectivity index (χ3v) is 6.79. The lowest BCUT2D eigenvalue weighted by atomic mass is 10.3. The van der Waals surface area contributed by atoms with Crippen LogP contribution < -0.4 is 29.6 Å². The SMILES string of the molecule is COc1cc(NS(=O)(=O)c2ccc(NC(=S)NC(=O)CCCOc3ccc(Cl)cc3Cl)cc2)nc(OC)n1. The molecule has 0 radical (unpaired) electrons. The van der Waals surface area contributed by atoms with E-state index in [1.54, 1.807) is 18.2 Å². The summed E-state index contributed by atoms with van der Waals surface area (Å²) in [5, 5.41) is 6.33. The molecule has 0 spiro atoms. The van der Waals surface area contributed by atoms with Crippen LogP contribution in [0.1, 0.15) is 12.8 Å². The highest BCUT2D eigenvalue weighted by atomic mass is 35.5. The quantitative estimate of drug-likeness (QED) is 0.216. The van der Waals surface area contributed by atoms with Crippen molar-refractivity contribution in [2.24, 2.45) is 0 Å². The third-order valence-electron chi connectivity index (χ3n) is 4.69. The van der Waals surface area contributed by atoms with Crippen molar-refractivity contribution in [1.29, 1.82) is 0 Å². The molecule has 0 atom stereocenters. The average molecular weight is 601 g/mol. The van der Waals surface area contributed by atoms with Crippen LogP contribution in [0, 0.1) is 0 Å². The van der Waals surface area contributed by atoms with E-state index in [2.05, 4.69) is 25.3 Å². The largest absolute Gasteiger partial charge is 0.492 e. The molecule has 0 aliphatic carbocycles. The first kappa shape index (κ1) is 29.2. The summed E-state index contributed by atoms with van der Waals surface area (Å²) in [5.74, 6) is 0.266. The number of sulfonamides is 1. The minimum absolute atomic E-state index is 0.0264. The summed E-state index contributed by atoms with van der Waals surface area (Å²) in [7, 11) is -1.25. The molecule has 15 heteroatoms. The van der Waals surface area contributed by atoms with E-state index in [-0.39, 0.29) is 46.7 Å². The van der Waals surface area contributed by atoms with Gasteiger partial charge in [-0.25, -0.2) is 8.42 Å². The van der Waals surface area contributed by atoms with Gasteiger partial charge in [0, 0.05) is 23.2 Å². The van der Waals surface area contributed by atoms with Crippen LogP contribution in [0.25, 0.3) is 0 Å². The Morgan fingerprint density at radius 2 is 1.76 bits per heavy atom. The molecule has 0 fully saturated rings. The maximum Gasteiger partial charge on any atom is 0.321 e. The summed E-state index contributed by atoms with van der Waals surface area (Å²) in [6.45, 7) is 0.271. The van der Waals surface area contributed by atoms with Gasteiger partial charge in [0.2, 0.25) is 11.8 Å². The van der Waals surface area contributed by atoms with E-state index in [1.807, 2.05) is 0 Å². The first-order chi connectivity index (χ1) is 18.1. The van der Waals surface area contributed by atoms with Crippen molar-refractivity contribution < 1.29 is 27.4 Å². The van der Waals surface area contributed by atoms with Gasteiger partial charge >= 0.3 is 6.01 Å². The van der Waals surface area contributed by atoms with Crippen LogP contribution in [0.4, 0.5) is 11.5 Å². The van der Waals surface area contributed by atoms with Crippen molar-refractivity contribution in [3.05, 3.63) is 58.6 Å². The second-order valence-corrected chi connectivity index (χ2v) is 10.4. The highest BCUT2D eigenvalue weighted by molar-refractivity contribution is 7.92. The summed E-state index contributed by atoms with van der Waals surface area (Å²) < 4.78 is 43.4. The summed E-state index contributed by atoms with van der Waals surface area (Å²) in [4.78, 5) is 20.0. The van der Waals surface area contributed by atoms with Crippen molar-refractivity contribution in [3.8, 4) is 17.6 Å². The zero-order chi connectivity index (χ0) is 27.7. The molecule has 0 aliphatic rings. The van der Waals surface area contributed by atoms with Gasteiger partial charge in [-0.1, -0.05) is 23.2 Å². The van der Waals surface area contributed by atoms with Gasteiger partial charge in [-0.05, 0) is 61.1 Å². The molecule has 3 aromatic rings. The van der Waals surface area contributed by atoms with Gasteiger partial charge < -0.3 is 24.8 Å². The number of carbonyl (C=O) groups excluding carboxylic acids is 1. The molecule has 0 saturated carbocycles. The summed E-state index contributed by atoms with van der Waals surface area (Å²) in [6, 6.07) is 11.9. The van der Waals surface area contributed by atoms with Crippen LogP contribution >= 0.6 is 35.4 Å². The molecule has 0 aliphatic heterocycles. The maximum atomic E-state index is 12.7. The molecule has 1 aromatic heterocycles. The highest BCUT2D eigenvalue weighted by Crippen LogP contribution is 2.27. The van der Waals surface area contributed by atoms with Crippen molar-refractivity contribution in [2.45, 2.75) is 17.7 Å². The lowest BCUT2D eigenvalue weighted by Crippen LogP contribution is -2.34. The smallest absolute Gasteiger partial charge is 0.321 e. The van der Waals surface area contributed by atoms with Gasteiger partial charge in [-0.15, -0.1) is 0 Å². The van der Waals surface area contributed by atoms with Crippen molar-refractivity contribution in [2.75, 3.05) is 30.9 Å². The van der Waals surface area contributed by atoms with Crippen LogP contribution in [0.15, 0.2) is 53.4 Å². The third kappa shape index (κ3) is 8.58. The number of benzene rings is 2. The first-order valence-corrected chi connectivity index (χ1v) is 13.5. The lowest BCUT2D eigenvalue weighted by molar-refractivity contribution is -0.119. The van der Waals surface area contributed by atoms with Crippen LogP contribution in [0.3, 0.4) is 0 Å². The number of hydrogen-bond donors (Lipinski definition) is 3. The van der Waals surface area contributed by atoms with Gasteiger partial charge in [0.15, 0.2) is 10.9 Å². The molecule has 1 amide bonds. The fourth-order valence-corrected chi connectivity index (χ4v) is 4.61. The molecular weight excluding hydrogens is 577 g/mol. The topological polar surface area (TPSA) is 141 Å². The first-order valence-electron chi connectivity index (χ1n) is 10.9. The number of thiocarbonyl (C=S) groups is 1. The number of carbonyl (C=O) groups is 1. The van der Waals surface area contributed by atoms with E-state index in [0.717, 1.165) is 0 Å². The van der Waals surface area contributed by atoms with Crippen LogP contribution in [-0.2, 0) is 14.8 Å². The Balaban J connectivity index is 1.48. The predicted molar refractivity (Wildman–Crippen MR) is 148 cm³/mol. The standard InChI is InChI=1S/C23H23Cl2N5O6S2/c1-34-21-13-19(27-22(29-21)35-2)30-38(32,33)16-8-6-15(7-9-16)26-23(37)28-20(31)4-3-11-36-18-10-5-14(24)12-17(18)25/h5-10,12-13H,3-4,11H2,1-2H3,(H,27,29,30)(H2,26,28,31,37). The number of methoxy groups -OCH3 is 2. The Morgan fingerprint density at radius 3 is 2.42 bits per heavy atom. The number of nitrogens with one attached hydrogen (secondary N) is 3. The number of anilines is 2. The molecule has 0 unspecified atom stereocenters. The number of nitrogens with zero attached hydrogens (tertiary/aromatic N) is 2. The molecule has 202 valence electrons. The van der Waals surface area contributed by atoms with Crippen LogP contribution in [0.5, 0.6) is 17.6 Å². The average Bonchev–Trinajstić information content (AvgIpc) is 2.87. The Morgan fingerprint density at radius 1 is 1.03 bits per heavy atom. The lowest BCUT2D eigenvalue weighted by Gasteiger charge is -2.12. The van der Waals surface area contributed by atoms with Gasteiger partial charge in [0.1, 0.15) is 5.75 Å². The fraction of sp³-hybridized carbons (Fsp3) is 0.217. The van der Waals surface area contributed by atoms with Crippen molar-refractivity contribution >= 4 is 68.0 Å². The van der Waals surface area contributed by atoms with E-state index in [4.69, 9.17) is 49.6 Å². The van der Waals surface area contributed by atoms with Gasteiger partial charge in [0.25, 0.3) is 10.0 Å². The molecule has 11 nitrogen and oxygen atoms in total. The minimum Gasteiger partial charge on any atom is -0.492 e. The van der Waals surface area contributed by atoms with E-state index >= 15 is 0 Å². The van der Waals surface area contributed by atoms with Crippen LogP contribution in [0.2, 0.25) is 10.0 Å². The molecule has 0 bridgehead atoms. The molecule has 38 heavy (non-hydrogen) atoms. The van der Waals surface area contributed by atoms with Gasteiger partial charge in [0.05, 0.1) is 30.7 Å². The monoisotopic (exact) mass is 599 g/mol. The van der Waals surface area contributed by atoms with Gasteiger partial charge in [-0.3, -0.25) is 9.52 Å². The zero-order valence-corrected chi connectivity index (χ0v) is 23.3. The summed E-state index contributed by atoms with van der Waals surface area (Å²) in [6.07, 6.45) is 0.589. The number of amides is 1. The van der Waals surface area contributed by atoms with E-state index < -0.39 is 10.0 Å². The minimum atomic E-state index is -3.97. The summed E-state index contributed by atoms with van der Waals surface area (Å²) in [5.41, 5.74) is 0.473. The van der Waals surface area contributed by atoms with E-state index in [1.165, 1.54) is 44.6 Å². The number of hydrogen-bond acceptors (Lipinski definition) is 9. The second-order valence-electron chi connectivity index (χ2n) is 7.44. The number of aromatic nitrogens is 2. The van der Waals surface area contributed by atoms with Crippen molar-refractivity contribution in [1.82, 2.24) is 15.3 Å². The molecular formula is C23H23Cl2N5O6S2. The summed E-state index contributed by atoms with van der Waals surface area (Å²) >= 11 is 17.1. The van der Waals surface area contributed by atoms with Crippen molar-refractivity contribution in [3.63, 3.8) is 0 Å². The van der Waals surface area contributed by atoms with E-state index in [9.17, 15) is 13.2 Å². The number of halogens is 2. The maximum absolute atomic E-state index is 12.7. The number of rotatable bonds is 11. The zero-order valence-electron chi connectivity index (χ0n) is 20.2. The Hall–Kier alpha value is -3.39. The molecule has 1 heterocycles. The fourth-order valence-electron chi connectivity index (χ4n) is 2.92. The molecule has 2 aromatic carbocycles. The Labute approximate surface area is 234 Å². The highest BCUT2D eigenvalue weighted by Gasteiger charge is 2.17. The Bertz CT molecular complexity index is 1390. The predicted octanol–water partition coefficient (Wildman–Crippen LogP) is 4.27. The molecule has 3 N–H and O–H groups in total. The molecule has 3 rings (SSSR count). The Kier molecular flexibility index (Phi) is 10.3. The van der Waals surface area contributed by atoms with Crippen LogP contribution in [-0.4, -0.2) is 50.2 Å². The van der Waals surface area contributed by atoms with E-state index in [0.29, 0.717) is 27.9 Å². The van der Waals surface area contributed by atoms with Gasteiger partial charge in [-0.2, -0.15) is 9.97 Å².